The molecule has 3 heteroatoms. The SMILES string of the molecule is CC1CC(=O)N(CCCCc2ccccc2)C1=O. The van der Waals surface area contributed by atoms with Crippen molar-refractivity contribution in [3.63, 3.8) is 0 Å². The van der Waals surface area contributed by atoms with Crippen LogP contribution in [0.1, 0.15) is 31.7 Å². The predicted octanol–water partition coefficient (Wildman–Crippen LogP) is 2.40. The molecule has 1 atom stereocenters. The fourth-order valence-electron chi connectivity index (χ4n) is 2.33. The number of unbranched alkanes of at least 4 members (excludes halogenated alkanes) is 1. The quantitative estimate of drug-likeness (QED) is 0.590. The molecule has 0 radical (unpaired) electrons. The minimum absolute atomic E-state index is 0.000267. The number of carbonyl (C=O) groups is 2. The third-order valence-electron chi connectivity index (χ3n) is 3.41. The van der Waals surface area contributed by atoms with E-state index in [1.54, 1.807) is 0 Å². The Morgan fingerprint density at radius 3 is 2.50 bits per heavy atom. The van der Waals surface area contributed by atoms with Crippen molar-refractivity contribution < 1.29 is 9.59 Å². The third kappa shape index (κ3) is 2.97. The summed E-state index contributed by atoms with van der Waals surface area (Å²) >= 11 is 0. The molecule has 1 saturated heterocycles. The topological polar surface area (TPSA) is 37.4 Å². The normalized spacial score (nSPS) is 19.6. The number of likely N-dealkylation sites (tertiary alicyclic amines) is 1. The molecule has 0 bridgehead atoms. The van der Waals surface area contributed by atoms with Gasteiger partial charge in [0.2, 0.25) is 11.8 Å². The molecule has 2 amide bonds. The van der Waals surface area contributed by atoms with Crippen LogP contribution in [-0.4, -0.2) is 23.3 Å². The molecule has 1 unspecified atom stereocenters. The van der Waals surface area contributed by atoms with E-state index in [1.165, 1.54) is 10.5 Å². The van der Waals surface area contributed by atoms with Gasteiger partial charge in [0.1, 0.15) is 0 Å². The molecule has 1 heterocycles. The van der Waals surface area contributed by atoms with Crippen molar-refractivity contribution in [2.24, 2.45) is 5.92 Å². The van der Waals surface area contributed by atoms with E-state index in [4.69, 9.17) is 0 Å². The molecular weight excluding hydrogens is 226 g/mol. The van der Waals surface area contributed by atoms with Gasteiger partial charge in [-0.1, -0.05) is 37.3 Å². The van der Waals surface area contributed by atoms with E-state index < -0.39 is 0 Å². The first-order valence-corrected chi connectivity index (χ1v) is 6.56. The monoisotopic (exact) mass is 245 g/mol. The van der Waals surface area contributed by atoms with E-state index in [0.717, 1.165) is 19.3 Å². The number of rotatable bonds is 5. The summed E-state index contributed by atoms with van der Waals surface area (Å²) in [6.45, 7) is 2.40. The van der Waals surface area contributed by atoms with Crippen LogP contribution in [0.2, 0.25) is 0 Å². The summed E-state index contributed by atoms with van der Waals surface area (Å²) in [5.41, 5.74) is 1.31. The number of imide groups is 1. The largest absolute Gasteiger partial charge is 0.282 e. The van der Waals surface area contributed by atoms with E-state index in [0.29, 0.717) is 13.0 Å². The number of benzene rings is 1. The fourth-order valence-corrected chi connectivity index (χ4v) is 2.33. The molecule has 3 nitrogen and oxygen atoms in total. The van der Waals surface area contributed by atoms with Gasteiger partial charge in [-0.05, 0) is 24.8 Å². The first-order chi connectivity index (χ1) is 8.68. The lowest BCUT2D eigenvalue weighted by molar-refractivity contribution is -0.139. The summed E-state index contributed by atoms with van der Waals surface area (Å²) in [6, 6.07) is 10.3. The van der Waals surface area contributed by atoms with Crippen molar-refractivity contribution in [1.82, 2.24) is 4.90 Å². The third-order valence-corrected chi connectivity index (χ3v) is 3.41. The highest BCUT2D eigenvalue weighted by Crippen LogP contribution is 2.19. The van der Waals surface area contributed by atoms with Crippen LogP contribution in [0.25, 0.3) is 0 Å². The van der Waals surface area contributed by atoms with Crippen molar-refractivity contribution >= 4 is 11.8 Å². The Morgan fingerprint density at radius 2 is 1.89 bits per heavy atom. The number of hydrogen-bond acceptors (Lipinski definition) is 2. The number of hydrogen-bond donors (Lipinski definition) is 0. The Kier molecular flexibility index (Phi) is 4.13. The van der Waals surface area contributed by atoms with Crippen LogP contribution in [0.3, 0.4) is 0 Å². The molecule has 0 aromatic heterocycles. The van der Waals surface area contributed by atoms with Gasteiger partial charge in [0.05, 0.1) is 0 Å². The standard InChI is InChI=1S/C15H19NO2/c1-12-11-14(17)16(15(12)18)10-6-5-9-13-7-3-2-4-8-13/h2-4,7-8,12H,5-6,9-11H2,1H3. The van der Waals surface area contributed by atoms with Crippen LogP contribution < -0.4 is 0 Å². The minimum atomic E-state index is -0.119. The second kappa shape index (κ2) is 5.80. The van der Waals surface area contributed by atoms with Gasteiger partial charge >= 0.3 is 0 Å². The van der Waals surface area contributed by atoms with Gasteiger partial charge in [0.25, 0.3) is 0 Å². The number of amides is 2. The Labute approximate surface area is 108 Å². The van der Waals surface area contributed by atoms with Crippen molar-refractivity contribution in [2.45, 2.75) is 32.6 Å². The van der Waals surface area contributed by atoms with Crippen molar-refractivity contribution in [3.8, 4) is 0 Å². The summed E-state index contributed by atoms with van der Waals surface area (Å²) in [5.74, 6) is -0.126. The molecule has 18 heavy (non-hydrogen) atoms. The predicted molar refractivity (Wildman–Crippen MR) is 69.9 cm³/mol. The molecule has 1 aliphatic rings. The number of carbonyl (C=O) groups excluding carboxylic acids is 2. The average Bonchev–Trinajstić information content (AvgIpc) is 2.61. The lowest BCUT2D eigenvalue weighted by atomic mass is 10.1. The zero-order valence-electron chi connectivity index (χ0n) is 10.8. The molecule has 0 spiro atoms. The van der Waals surface area contributed by atoms with Gasteiger partial charge in [-0.25, -0.2) is 0 Å². The van der Waals surface area contributed by atoms with Crippen molar-refractivity contribution in [1.29, 1.82) is 0 Å². The van der Waals surface area contributed by atoms with E-state index in [9.17, 15) is 9.59 Å². The summed E-state index contributed by atoms with van der Waals surface area (Å²) in [4.78, 5) is 24.7. The Balaban J connectivity index is 1.73. The van der Waals surface area contributed by atoms with E-state index in [2.05, 4.69) is 12.1 Å². The molecule has 0 N–H and O–H groups in total. The van der Waals surface area contributed by atoms with Gasteiger partial charge in [-0.15, -0.1) is 0 Å². The second-order valence-corrected chi connectivity index (χ2v) is 4.93. The van der Waals surface area contributed by atoms with E-state index in [1.807, 2.05) is 25.1 Å². The van der Waals surface area contributed by atoms with Gasteiger partial charge in [-0.3, -0.25) is 14.5 Å². The fraction of sp³-hybridized carbons (Fsp3) is 0.467. The molecule has 0 aliphatic carbocycles. The maximum atomic E-state index is 11.7. The molecule has 2 rings (SSSR count). The minimum Gasteiger partial charge on any atom is -0.282 e. The Hall–Kier alpha value is -1.64. The van der Waals surface area contributed by atoms with Crippen molar-refractivity contribution in [3.05, 3.63) is 35.9 Å². The van der Waals surface area contributed by atoms with Gasteiger partial charge in [-0.2, -0.15) is 0 Å². The molecule has 0 saturated carbocycles. The molecule has 1 aliphatic heterocycles. The summed E-state index contributed by atoms with van der Waals surface area (Å²) < 4.78 is 0. The molecule has 96 valence electrons. The summed E-state index contributed by atoms with van der Waals surface area (Å²) in [7, 11) is 0. The van der Waals surface area contributed by atoms with Crippen LogP contribution in [0.5, 0.6) is 0 Å². The van der Waals surface area contributed by atoms with Crippen LogP contribution in [0.4, 0.5) is 0 Å². The van der Waals surface area contributed by atoms with Gasteiger partial charge < -0.3 is 0 Å². The zero-order valence-corrected chi connectivity index (χ0v) is 10.8. The highest BCUT2D eigenvalue weighted by molar-refractivity contribution is 6.03. The Morgan fingerprint density at radius 1 is 1.17 bits per heavy atom. The van der Waals surface area contributed by atoms with Crippen LogP contribution >= 0.6 is 0 Å². The van der Waals surface area contributed by atoms with Crippen LogP contribution in [0.15, 0.2) is 30.3 Å². The Bertz CT molecular complexity index is 427. The maximum absolute atomic E-state index is 11.7. The maximum Gasteiger partial charge on any atom is 0.232 e. The highest BCUT2D eigenvalue weighted by Gasteiger charge is 2.34. The van der Waals surface area contributed by atoms with Crippen LogP contribution in [0, 0.1) is 5.92 Å². The zero-order chi connectivity index (χ0) is 13.0. The van der Waals surface area contributed by atoms with E-state index in [-0.39, 0.29) is 17.7 Å². The first kappa shape index (κ1) is 12.8. The van der Waals surface area contributed by atoms with Gasteiger partial charge in [0, 0.05) is 18.9 Å². The average molecular weight is 245 g/mol. The smallest absolute Gasteiger partial charge is 0.232 e. The lowest BCUT2D eigenvalue weighted by Crippen LogP contribution is -2.31. The molecule has 1 aromatic rings. The summed E-state index contributed by atoms with van der Waals surface area (Å²) in [5, 5.41) is 0. The van der Waals surface area contributed by atoms with Gasteiger partial charge in [0.15, 0.2) is 0 Å². The molecular formula is C15H19NO2. The number of aryl methyl sites for hydroxylation is 1. The lowest BCUT2D eigenvalue weighted by Gasteiger charge is -2.13. The van der Waals surface area contributed by atoms with E-state index >= 15 is 0 Å². The van der Waals surface area contributed by atoms with Crippen LogP contribution in [-0.2, 0) is 16.0 Å². The second-order valence-electron chi connectivity index (χ2n) is 4.93. The highest BCUT2D eigenvalue weighted by atomic mass is 16.2. The first-order valence-electron chi connectivity index (χ1n) is 6.56. The van der Waals surface area contributed by atoms with Crippen molar-refractivity contribution in [2.75, 3.05) is 6.54 Å². The number of nitrogens with zero attached hydrogens (tertiary/aromatic N) is 1. The summed E-state index contributed by atoms with van der Waals surface area (Å²) in [6.07, 6.45) is 3.29. The molecule has 1 fully saturated rings. The molecule has 1 aromatic carbocycles.